The SMILES string of the molecule is Cc1nc(CCNC2CCOc3ccc(Br)cc32)cs1. The molecular weight excluding hydrogens is 336 g/mol. The van der Waals surface area contributed by atoms with E-state index < -0.39 is 0 Å². The van der Waals surface area contributed by atoms with Gasteiger partial charge in [0.25, 0.3) is 0 Å². The number of aromatic nitrogens is 1. The van der Waals surface area contributed by atoms with Crippen molar-refractivity contribution in [3.8, 4) is 5.75 Å². The molecule has 5 heteroatoms. The lowest BCUT2D eigenvalue weighted by Gasteiger charge is -2.27. The molecule has 3 rings (SSSR count). The summed E-state index contributed by atoms with van der Waals surface area (Å²) in [6.07, 6.45) is 1.99. The summed E-state index contributed by atoms with van der Waals surface area (Å²) in [6, 6.07) is 6.59. The van der Waals surface area contributed by atoms with Crippen LogP contribution in [0.25, 0.3) is 0 Å². The third kappa shape index (κ3) is 3.22. The minimum Gasteiger partial charge on any atom is -0.493 e. The fraction of sp³-hybridized carbons (Fsp3) is 0.400. The molecule has 0 spiro atoms. The van der Waals surface area contributed by atoms with Crippen LogP contribution in [-0.2, 0) is 6.42 Å². The number of hydrogen-bond donors (Lipinski definition) is 1. The van der Waals surface area contributed by atoms with E-state index in [1.807, 2.05) is 19.1 Å². The van der Waals surface area contributed by atoms with Crippen LogP contribution in [0.15, 0.2) is 28.1 Å². The van der Waals surface area contributed by atoms with Crippen molar-refractivity contribution in [3.63, 3.8) is 0 Å². The lowest BCUT2D eigenvalue weighted by Crippen LogP contribution is -2.28. The number of rotatable bonds is 4. The number of ether oxygens (including phenoxy) is 1. The van der Waals surface area contributed by atoms with Gasteiger partial charge in [-0.2, -0.15) is 0 Å². The van der Waals surface area contributed by atoms with Crippen LogP contribution in [0.5, 0.6) is 5.75 Å². The summed E-state index contributed by atoms with van der Waals surface area (Å²) in [5.41, 5.74) is 2.43. The first-order chi connectivity index (χ1) is 9.72. The molecule has 1 aromatic carbocycles. The highest BCUT2D eigenvalue weighted by Crippen LogP contribution is 2.33. The van der Waals surface area contributed by atoms with Crippen molar-refractivity contribution < 1.29 is 4.74 Å². The van der Waals surface area contributed by atoms with Gasteiger partial charge in [0.15, 0.2) is 0 Å². The summed E-state index contributed by atoms with van der Waals surface area (Å²) in [5, 5.41) is 6.91. The third-order valence-electron chi connectivity index (χ3n) is 3.45. The molecule has 0 aliphatic carbocycles. The second kappa shape index (κ2) is 6.24. The van der Waals surface area contributed by atoms with E-state index >= 15 is 0 Å². The van der Waals surface area contributed by atoms with Gasteiger partial charge >= 0.3 is 0 Å². The third-order valence-corrected chi connectivity index (χ3v) is 4.77. The Labute approximate surface area is 131 Å². The first-order valence-corrected chi connectivity index (χ1v) is 8.46. The summed E-state index contributed by atoms with van der Waals surface area (Å²) >= 11 is 5.25. The van der Waals surface area contributed by atoms with Gasteiger partial charge in [0.2, 0.25) is 0 Å². The van der Waals surface area contributed by atoms with Crippen molar-refractivity contribution in [2.75, 3.05) is 13.2 Å². The maximum Gasteiger partial charge on any atom is 0.124 e. The van der Waals surface area contributed by atoms with E-state index in [1.54, 1.807) is 11.3 Å². The largest absolute Gasteiger partial charge is 0.493 e. The second-order valence-electron chi connectivity index (χ2n) is 4.93. The summed E-state index contributed by atoms with van der Waals surface area (Å²) < 4.78 is 6.81. The molecule has 0 amide bonds. The molecule has 106 valence electrons. The molecule has 1 atom stereocenters. The molecule has 0 saturated carbocycles. The zero-order chi connectivity index (χ0) is 13.9. The molecule has 1 aliphatic heterocycles. The number of benzene rings is 1. The Balaban J connectivity index is 1.63. The number of nitrogens with zero attached hydrogens (tertiary/aromatic N) is 1. The first kappa shape index (κ1) is 14.0. The van der Waals surface area contributed by atoms with E-state index in [9.17, 15) is 0 Å². The highest BCUT2D eigenvalue weighted by Gasteiger charge is 2.21. The van der Waals surface area contributed by atoms with Crippen LogP contribution in [0.4, 0.5) is 0 Å². The smallest absolute Gasteiger partial charge is 0.124 e. The fourth-order valence-electron chi connectivity index (χ4n) is 2.47. The van der Waals surface area contributed by atoms with Crippen LogP contribution in [0, 0.1) is 6.92 Å². The van der Waals surface area contributed by atoms with E-state index in [4.69, 9.17) is 4.74 Å². The Kier molecular flexibility index (Phi) is 4.38. The molecule has 0 bridgehead atoms. The highest BCUT2D eigenvalue weighted by molar-refractivity contribution is 9.10. The molecule has 1 aliphatic rings. The van der Waals surface area contributed by atoms with Gasteiger partial charge in [-0.3, -0.25) is 0 Å². The van der Waals surface area contributed by atoms with E-state index in [-0.39, 0.29) is 0 Å². The van der Waals surface area contributed by atoms with Crippen LogP contribution in [0.1, 0.15) is 28.7 Å². The average Bonchev–Trinajstić information content (AvgIpc) is 2.85. The maximum atomic E-state index is 5.71. The molecule has 3 nitrogen and oxygen atoms in total. The first-order valence-electron chi connectivity index (χ1n) is 6.79. The van der Waals surface area contributed by atoms with Gasteiger partial charge in [-0.25, -0.2) is 4.98 Å². The number of hydrogen-bond acceptors (Lipinski definition) is 4. The van der Waals surface area contributed by atoms with E-state index in [2.05, 4.69) is 37.7 Å². The molecule has 2 aromatic rings. The number of halogens is 1. The lowest BCUT2D eigenvalue weighted by molar-refractivity contribution is 0.253. The monoisotopic (exact) mass is 352 g/mol. The van der Waals surface area contributed by atoms with Crippen LogP contribution in [0.3, 0.4) is 0 Å². The van der Waals surface area contributed by atoms with Crippen molar-refractivity contribution in [1.82, 2.24) is 10.3 Å². The Morgan fingerprint density at radius 1 is 1.50 bits per heavy atom. The topological polar surface area (TPSA) is 34.2 Å². The van der Waals surface area contributed by atoms with Crippen molar-refractivity contribution >= 4 is 27.3 Å². The van der Waals surface area contributed by atoms with E-state index in [0.29, 0.717) is 6.04 Å². The number of nitrogens with one attached hydrogen (secondary N) is 1. The molecule has 0 fully saturated rings. The molecule has 0 radical (unpaired) electrons. The number of thiazole rings is 1. The molecule has 20 heavy (non-hydrogen) atoms. The van der Waals surface area contributed by atoms with E-state index in [0.717, 1.165) is 41.2 Å². The van der Waals surface area contributed by atoms with Gasteiger partial charge in [0, 0.05) is 40.8 Å². The van der Waals surface area contributed by atoms with Gasteiger partial charge < -0.3 is 10.1 Å². The minimum atomic E-state index is 0.371. The summed E-state index contributed by atoms with van der Waals surface area (Å²) in [6.45, 7) is 3.77. The molecule has 1 aromatic heterocycles. The van der Waals surface area contributed by atoms with Crippen LogP contribution < -0.4 is 10.1 Å². The zero-order valence-electron chi connectivity index (χ0n) is 11.4. The molecule has 1 unspecified atom stereocenters. The Morgan fingerprint density at radius 2 is 2.40 bits per heavy atom. The Bertz CT molecular complexity index is 599. The summed E-state index contributed by atoms with van der Waals surface area (Å²) in [5.74, 6) is 1.00. The second-order valence-corrected chi connectivity index (χ2v) is 6.91. The molecule has 0 saturated heterocycles. The number of fused-ring (bicyclic) bond motifs is 1. The zero-order valence-corrected chi connectivity index (χ0v) is 13.8. The average molecular weight is 353 g/mol. The van der Waals surface area contributed by atoms with Gasteiger partial charge in [-0.05, 0) is 25.1 Å². The van der Waals surface area contributed by atoms with E-state index in [1.165, 1.54) is 11.3 Å². The quantitative estimate of drug-likeness (QED) is 0.906. The van der Waals surface area contributed by atoms with Gasteiger partial charge in [0.05, 0.1) is 17.3 Å². The van der Waals surface area contributed by atoms with Gasteiger partial charge in [0.1, 0.15) is 5.75 Å². The van der Waals surface area contributed by atoms with Crippen molar-refractivity contribution in [3.05, 3.63) is 44.3 Å². The fourth-order valence-corrected chi connectivity index (χ4v) is 3.50. The molecular formula is C15H17BrN2OS. The van der Waals surface area contributed by atoms with Crippen molar-refractivity contribution in [2.45, 2.75) is 25.8 Å². The Morgan fingerprint density at radius 3 is 3.20 bits per heavy atom. The maximum absolute atomic E-state index is 5.71. The normalized spacial score (nSPS) is 17.6. The Hall–Kier alpha value is -0.910. The highest BCUT2D eigenvalue weighted by atomic mass is 79.9. The predicted molar refractivity (Wildman–Crippen MR) is 85.6 cm³/mol. The predicted octanol–water partition coefficient (Wildman–Crippen LogP) is 3.87. The molecule has 2 heterocycles. The standard InChI is InChI=1S/C15H17BrN2OS/c1-10-18-12(9-20-10)4-6-17-14-5-7-19-15-3-2-11(16)8-13(14)15/h2-3,8-9,14,17H,4-7H2,1H3. The summed E-state index contributed by atoms with van der Waals surface area (Å²) in [4.78, 5) is 4.50. The minimum absolute atomic E-state index is 0.371. The van der Waals surface area contributed by atoms with Crippen LogP contribution in [-0.4, -0.2) is 18.1 Å². The van der Waals surface area contributed by atoms with Crippen LogP contribution >= 0.6 is 27.3 Å². The summed E-state index contributed by atoms with van der Waals surface area (Å²) in [7, 11) is 0. The number of aryl methyl sites for hydroxylation is 1. The van der Waals surface area contributed by atoms with Crippen molar-refractivity contribution in [2.24, 2.45) is 0 Å². The van der Waals surface area contributed by atoms with Crippen LogP contribution in [0.2, 0.25) is 0 Å². The van der Waals surface area contributed by atoms with Gasteiger partial charge in [-0.1, -0.05) is 15.9 Å². The van der Waals surface area contributed by atoms with Gasteiger partial charge in [-0.15, -0.1) is 11.3 Å². The lowest BCUT2D eigenvalue weighted by atomic mass is 10.0. The van der Waals surface area contributed by atoms with Crippen molar-refractivity contribution in [1.29, 1.82) is 0 Å². The molecule has 1 N–H and O–H groups in total.